The van der Waals surface area contributed by atoms with E-state index in [2.05, 4.69) is 0 Å². The van der Waals surface area contributed by atoms with Gasteiger partial charge in [0.25, 0.3) is 0 Å². The molecular formula is C28H22O4. The fraction of sp³-hybridized carbons (Fsp3) is 0.0714. The molecular weight excluding hydrogens is 400 g/mol. The fourth-order valence-corrected chi connectivity index (χ4v) is 3.97. The van der Waals surface area contributed by atoms with E-state index in [-0.39, 0.29) is 17.2 Å². The molecule has 4 heteroatoms. The van der Waals surface area contributed by atoms with Crippen LogP contribution in [-0.4, -0.2) is 15.3 Å². The van der Waals surface area contributed by atoms with E-state index in [0.29, 0.717) is 35.5 Å². The van der Waals surface area contributed by atoms with Gasteiger partial charge in [-0.05, 0) is 89.7 Å². The molecule has 0 amide bonds. The fourth-order valence-electron chi connectivity index (χ4n) is 3.97. The first-order valence-electron chi connectivity index (χ1n) is 10.5. The Morgan fingerprint density at radius 1 is 0.625 bits per heavy atom. The summed E-state index contributed by atoms with van der Waals surface area (Å²) < 4.78 is 6.17. The molecule has 0 spiro atoms. The number of fused-ring (bicyclic) bond motifs is 8. The van der Waals surface area contributed by atoms with Crippen LogP contribution in [0.5, 0.6) is 28.7 Å². The Morgan fingerprint density at radius 2 is 1.38 bits per heavy atom. The molecule has 0 unspecified atom stereocenters. The van der Waals surface area contributed by atoms with Gasteiger partial charge in [-0.15, -0.1) is 0 Å². The van der Waals surface area contributed by atoms with Crippen LogP contribution in [-0.2, 0) is 12.8 Å². The number of rotatable bonds is 0. The van der Waals surface area contributed by atoms with Gasteiger partial charge in [0.15, 0.2) is 0 Å². The maximum absolute atomic E-state index is 10.5. The standard InChI is InChI=1S/C28H22O4/c29-22-10-13-28-21(17-22)9-6-20-8-12-27(31)25(16-20)24-15-19(7-11-26(24)30)5-4-18-2-1-3-23(14-18)32-28/h1-5,7-8,10-17,29-31H,6,9H2/b5-4-. The van der Waals surface area contributed by atoms with E-state index in [0.717, 1.165) is 22.3 Å². The third-order valence-electron chi connectivity index (χ3n) is 5.65. The third kappa shape index (κ3) is 4.03. The number of phenolic OH excluding ortho intramolecular Hbond substituents is 3. The first kappa shape index (κ1) is 19.8. The molecule has 4 aromatic rings. The molecule has 0 fully saturated rings. The van der Waals surface area contributed by atoms with Crippen molar-refractivity contribution in [3.8, 4) is 39.9 Å². The lowest BCUT2D eigenvalue weighted by Gasteiger charge is -2.14. The summed E-state index contributed by atoms with van der Waals surface area (Å²) in [5.74, 6) is 1.82. The highest BCUT2D eigenvalue weighted by Crippen LogP contribution is 2.38. The summed E-state index contributed by atoms with van der Waals surface area (Å²) in [7, 11) is 0. The van der Waals surface area contributed by atoms with Crippen molar-refractivity contribution >= 4 is 12.2 Å². The molecule has 0 atom stereocenters. The molecule has 0 radical (unpaired) electrons. The van der Waals surface area contributed by atoms with Gasteiger partial charge in [-0.3, -0.25) is 0 Å². The molecule has 0 aliphatic carbocycles. The predicted octanol–water partition coefficient (Wildman–Crippen LogP) is 6.53. The first-order chi connectivity index (χ1) is 15.5. The van der Waals surface area contributed by atoms with E-state index in [1.54, 1.807) is 30.3 Å². The van der Waals surface area contributed by atoms with E-state index in [4.69, 9.17) is 4.74 Å². The van der Waals surface area contributed by atoms with Crippen molar-refractivity contribution in [2.45, 2.75) is 12.8 Å². The van der Waals surface area contributed by atoms with Crippen LogP contribution in [0, 0.1) is 0 Å². The molecule has 0 saturated carbocycles. The molecule has 0 aromatic heterocycles. The lowest BCUT2D eigenvalue weighted by atomic mass is 9.96. The minimum atomic E-state index is 0.111. The molecule has 3 N–H and O–H groups in total. The molecule has 4 nitrogen and oxygen atoms in total. The highest BCUT2D eigenvalue weighted by Gasteiger charge is 2.13. The van der Waals surface area contributed by atoms with E-state index >= 15 is 0 Å². The van der Waals surface area contributed by atoms with Crippen molar-refractivity contribution in [3.63, 3.8) is 0 Å². The number of hydrogen-bond acceptors (Lipinski definition) is 4. The van der Waals surface area contributed by atoms with Gasteiger partial charge in [-0.25, -0.2) is 0 Å². The molecule has 1 aliphatic rings. The minimum Gasteiger partial charge on any atom is -0.508 e. The third-order valence-corrected chi connectivity index (χ3v) is 5.65. The first-order valence-corrected chi connectivity index (χ1v) is 10.5. The average molecular weight is 422 g/mol. The monoisotopic (exact) mass is 422 g/mol. The Hall–Kier alpha value is -4.18. The van der Waals surface area contributed by atoms with Gasteiger partial charge in [0.2, 0.25) is 0 Å². The topological polar surface area (TPSA) is 69.9 Å². The van der Waals surface area contributed by atoms with Crippen molar-refractivity contribution in [1.29, 1.82) is 0 Å². The predicted molar refractivity (Wildman–Crippen MR) is 126 cm³/mol. The van der Waals surface area contributed by atoms with Crippen LogP contribution in [0.1, 0.15) is 22.3 Å². The summed E-state index contributed by atoms with van der Waals surface area (Å²) in [4.78, 5) is 0. The summed E-state index contributed by atoms with van der Waals surface area (Å²) >= 11 is 0. The normalized spacial score (nSPS) is 13.6. The summed E-state index contributed by atoms with van der Waals surface area (Å²) in [6.07, 6.45) is 5.25. The Bertz CT molecular complexity index is 1340. The molecule has 5 rings (SSSR count). The molecule has 0 saturated heterocycles. The van der Waals surface area contributed by atoms with Crippen molar-refractivity contribution in [3.05, 3.63) is 101 Å². The van der Waals surface area contributed by atoms with Crippen LogP contribution in [0.4, 0.5) is 0 Å². The van der Waals surface area contributed by atoms with Crippen molar-refractivity contribution in [2.75, 3.05) is 0 Å². The van der Waals surface area contributed by atoms with Gasteiger partial charge in [0.05, 0.1) is 0 Å². The Morgan fingerprint density at radius 3 is 2.22 bits per heavy atom. The quantitative estimate of drug-likeness (QED) is 0.301. The lowest BCUT2D eigenvalue weighted by Crippen LogP contribution is -1.96. The zero-order valence-electron chi connectivity index (χ0n) is 17.3. The molecule has 4 aromatic carbocycles. The second-order valence-electron chi connectivity index (χ2n) is 7.93. The van der Waals surface area contributed by atoms with E-state index in [9.17, 15) is 15.3 Å². The van der Waals surface area contributed by atoms with Crippen LogP contribution >= 0.6 is 0 Å². The van der Waals surface area contributed by atoms with E-state index < -0.39 is 0 Å². The van der Waals surface area contributed by atoms with Crippen LogP contribution in [0.2, 0.25) is 0 Å². The van der Waals surface area contributed by atoms with Crippen molar-refractivity contribution < 1.29 is 20.1 Å². The lowest BCUT2D eigenvalue weighted by molar-refractivity contribution is 0.459. The SMILES string of the molecule is Oc1ccc2c(c1)CCc1ccc(O)c(c1)-c1cc(ccc1O)/C=C\c1cccc(c1)O2. The number of phenols is 3. The second kappa shape index (κ2) is 8.16. The maximum Gasteiger partial charge on any atom is 0.130 e. The largest absolute Gasteiger partial charge is 0.508 e. The smallest absolute Gasteiger partial charge is 0.130 e. The average Bonchev–Trinajstić information content (AvgIpc) is 2.79. The van der Waals surface area contributed by atoms with Gasteiger partial charge in [-0.1, -0.05) is 36.4 Å². The van der Waals surface area contributed by atoms with Crippen LogP contribution in [0.3, 0.4) is 0 Å². The number of benzene rings is 4. The van der Waals surface area contributed by atoms with Crippen LogP contribution in [0.25, 0.3) is 23.3 Å². The highest BCUT2D eigenvalue weighted by atomic mass is 16.5. The van der Waals surface area contributed by atoms with E-state index in [1.807, 2.05) is 60.7 Å². The zero-order valence-corrected chi connectivity index (χ0v) is 17.3. The van der Waals surface area contributed by atoms with Crippen molar-refractivity contribution in [1.82, 2.24) is 0 Å². The maximum atomic E-state index is 10.5. The number of aryl methyl sites for hydroxylation is 2. The highest BCUT2D eigenvalue weighted by molar-refractivity contribution is 5.80. The Labute approximate surface area is 186 Å². The second-order valence-corrected chi connectivity index (χ2v) is 7.93. The summed E-state index contributed by atoms with van der Waals surface area (Å²) in [5, 5.41) is 31.0. The zero-order chi connectivity index (χ0) is 22.1. The van der Waals surface area contributed by atoms with Gasteiger partial charge in [0, 0.05) is 11.1 Å². The number of hydrogen-bond donors (Lipinski definition) is 3. The molecule has 1 heterocycles. The van der Waals surface area contributed by atoms with Gasteiger partial charge >= 0.3 is 0 Å². The summed E-state index contributed by atoms with van der Waals surface area (Å²) in [5.41, 5.74) is 4.92. The molecule has 6 bridgehead atoms. The summed E-state index contributed by atoms with van der Waals surface area (Å²) in [6, 6.07) is 23.7. The molecule has 158 valence electrons. The number of aromatic hydroxyl groups is 3. The van der Waals surface area contributed by atoms with Gasteiger partial charge < -0.3 is 20.1 Å². The molecule has 1 aliphatic heterocycles. The Balaban J connectivity index is 1.67. The minimum absolute atomic E-state index is 0.111. The van der Waals surface area contributed by atoms with Crippen LogP contribution in [0.15, 0.2) is 78.9 Å². The van der Waals surface area contributed by atoms with Gasteiger partial charge in [-0.2, -0.15) is 0 Å². The summed E-state index contributed by atoms with van der Waals surface area (Å²) in [6.45, 7) is 0. The van der Waals surface area contributed by atoms with Crippen LogP contribution < -0.4 is 4.74 Å². The number of ether oxygens (including phenoxy) is 1. The molecule has 32 heavy (non-hydrogen) atoms. The van der Waals surface area contributed by atoms with E-state index in [1.165, 1.54) is 0 Å². The Kier molecular flexibility index (Phi) is 5.04. The van der Waals surface area contributed by atoms with Crippen molar-refractivity contribution in [2.24, 2.45) is 0 Å². The van der Waals surface area contributed by atoms with Gasteiger partial charge in [0.1, 0.15) is 28.7 Å².